The van der Waals surface area contributed by atoms with Gasteiger partial charge in [0.25, 0.3) is 15.9 Å². The van der Waals surface area contributed by atoms with Crippen molar-refractivity contribution in [3.8, 4) is 0 Å². The molecule has 0 unspecified atom stereocenters. The first-order valence-corrected chi connectivity index (χ1v) is 9.97. The molecule has 3 aromatic rings. The molecule has 1 aromatic heterocycles. The van der Waals surface area contributed by atoms with Crippen LogP contribution < -0.4 is 9.62 Å². The number of fused-ring (bicyclic) bond motifs is 1. The number of rotatable bonds is 3. The second-order valence-corrected chi connectivity index (χ2v) is 7.99. The first-order chi connectivity index (χ1) is 13.0. The van der Waals surface area contributed by atoms with Gasteiger partial charge in [0, 0.05) is 29.0 Å². The highest BCUT2D eigenvalue weighted by Gasteiger charge is 2.26. The highest BCUT2D eigenvalue weighted by molar-refractivity contribution is 7.92. The fourth-order valence-corrected chi connectivity index (χ4v) is 4.20. The number of benzene rings is 2. The molecule has 2 aromatic carbocycles. The molecule has 0 radical (unpaired) electrons. The molecule has 27 heavy (non-hydrogen) atoms. The standard InChI is InChI=1S/C19H17N3O4S/c23-19(21-17-4-1-14-7-8-20-12-16(14)11-17)15-2-5-18(6-3-15)22-9-10-26-13-27(22,24)25/h1-8,11-12H,9-10,13H2,(H,21,23). The van der Waals surface area contributed by atoms with Crippen LogP contribution in [-0.2, 0) is 14.8 Å². The monoisotopic (exact) mass is 383 g/mol. The van der Waals surface area contributed by atoms with Gasteiger partial charge >= 0.3 is 0 Å². The van der Waals surface area contributed by atoms with Crippen molar-refractivity contribution in [3.63, 3.8) is 0 Å². The van der Waals surface area contributed by atoms with Crippen LogP contribution in [-0.4, -0.2) is 38.4 Å². The molecule has 1 aliphatic rings. The molecule has 0 saturated carbocycles. The number of carbonyl (C=O) groups is 1. The first-order valence-electron chi connectivity index (χ1n) is 8.36. The van der Waals surface area contributed by atoms with Gasteiger partial charge in [0.15, 0.2) is 5.94 Å². The maximum Gasteiger partial charge on any atom is 0.259 e. The van der Waals surface area contributed by atoms with Crippen LogP contribution in [0.5, 0.6) is 0 Å². The molecule has 7 nitrogen and oxygen atoms in total. The number of amides is 1. The number of nitrogens with zero attached hydrogens (tertiary/aromatic N) is 2. The third kappa shape index (κ3) is 3.62. The van der Waals surface area contributed by atoms with Gasteiger partial charge in [0.1, 0.15) is 0 Å². The van der Waals surface area contributed by atoms with Crippen molar-refractivity contribution in [1.29, 1.82) is 0 Å². The highest BCUT2D eigenvalue weighted by Crippen LogP contribution is 2.22. The van der Waals surface area contributed by atoms with Gasteiger partial charge in [-0.25, -0.2) is 8.42 Å². The summed E-state index contributed by atoms with van der Waals surface area (Å²) >= 11 is 0. The Kier molecular flexibility index (Phi) is 4.51. The van der Waals surface area contributed by atoms with E-state index in [1.54, 1.807) is 36.7 Å². The van der Waals surface area contributed by atoms with E-state index in [0.717, 1.165) is 10.8 Å². The number of sulfonamides is 1. The van der Waals surface area contributed by atoms with Gasteiger partial charge in [-0.05, 0) is 47.9 Å². The Morgan fingerprint density at radius 1 is 1.07 bits per heavy atom. The zero-order chi connectivity index (χ0) is 18.9. The van der Waals surface area contributed by atoms with Gasteiger partial charge < -0.3 is 10.1 Å². The summed E-state index contributed by atoms with van der Waals surface area (Å²) in [5, 5.41) is 4.82. The lowest BCUT2D eigenvalue weighted by Gasteiger charge is -2.28. The zero-order valence-electron chi connectivity index (χ0n) is 14.3. The number of hydrogen-bond acceptors (Lipinski definition) is 5. The smallest absolute Gasteiger partial charge is 0.259 e. The minimum Gasteiger partial charge on any atom is -0.362 e. The molecular weight excluding hydrogens is 366 g/mol. The molecule has 2 heterocycles. The van der Waals surface area contributed by atoms with E-state index in [-0.39, 0.29) is 18.4 Å². The van der Waals surface area contributed by atoms with E-state index in [9.17, 15) is 13.2 Å². The molecule has 0 aliphatic carbocycles. The van der Waals surface area contributed by atoms with Gasteiger partial charge in [-0.1, -0.05) is 6.07 Å². The van der Waals surface area contributed by atoms with E-state index in [4.69, 9.17) is 4.74 Å². The molecule has 1 saturated heterocycles. The summed E-state index contributed by atoms with van der Waals surface area (Å²) in [4.78, 5) is 16.6. The maximum absolute atomic E-state index is 12.5. The van der Waals surface area contributed by atoms with Crippen molar-refractivity contribution in [2.24, 2.45) is 0 Å². The van der Waals surface area contributed by atoms with Crippen LogP contribution in [0.4, 0.5) is 11.4 Å². The summed E-state index contributed by atoms with van der Waals surface area (Å²) in [6.45, 7) is 0.608. The summed E-state index contributed by atoms with van der Waals surface area (Å²) < 4.78 is 30.4. The lowest BCUT2D eigenvalue weighted by atomic mass is 10.1. The van der Waals surface area contributed by atoms with Gasteiger partial charge in [-0.15, -0.1) is 0 Å². The molecule has 1 amide bonds. The Morgan fingerprint density at radius 2 is 1.89 bits per heavy atom. The maximum atomic E-state index is 12.5. The van der Waals surface area contributed by atoms with Gasteiger partial charge in [-0.2, -0.15) is 0 Å². The molecule has 1 fully saturated rings. The van der Waals surface area contributed by atoms with Crippen LogP contribution in [0, 0.1) is 0 Å². The van der Waals surface area contributed by atoms with E-state index in [1.165, 1.54) is 4.31 Å². The van der Waals surface area contributed by atoms with Gasteiger partial charge in [0.2, 0.25) is 0 Å². The topological polar surface area (TPSA) is 88.6 Å². The molecule has 1 N–H and O–H groups in total. The summed E-state index contributed by atoms with van der Waals surface area (Å²) in [6.07, 6.45) is 3.46. The molecule has 0 bridgehead atoms. The van der Waals surface area contributed by atoms with E-state index >= 15 is 0 Å². The molecule has 4 rings (SSSR count). The number of anilines is 2. The average Bonchev–Trinajstić information content (AvgIpc) is 2.68. The van der Waals surface area contributed by atoms with Gasteiger partial charge in [0.05, 0.1) is 18.8 Å². The normalized spacial score (nSPS) is 16.2. The molecule has 8 heteroatoms. The molecule has 138 valence electrons. The van der Waals surface area contributed by atoms with Crippen LogP contribution in [0.3, 0.4) is 0 Å². The van der Waals surface area contributed by atoms with Crippen LogP contribution in [0.25, 0.3) is 10.8 Å². The predicted molar refractivity (Wildman–Crippen MR) is 103 cm³/mol. The van der Waals surface area contributed by atoms with Crippen molar-refractivity contribution in [2.45, 2.75) is 0 Å². The van der Waals surface area contributed by atoms with Crippen LogP contribution >= 0.6 is 0 Å². The van der Waals surface area contributed by atoms with Crippen LogP contribution in [0.15, 0.2) is 60.9 Å². The lowest BCUT2D eigenvalue weighted by molar-refractivity contribution is 0.102. The Labute approximate surface area is 156 Å². The van der Waals surface area contributed by atoms with Crippen molar-refractivity contribution in [3.05, 3.63) is 66.5 Å². The summed E-state index contributed by atoms with van der Waals surface area (Å²) in [5.74, 6) is -0.596. The third-order valence-electron chi connectivity index (χ3n) is 4.32. The Morgan fingerprint density at radius 3 is 2.67 bits per heavy atom. The minimum absolute atomic E-state index is 0.263. The largest absolute Gasteiger partial charge is 0.362 e. The summed E-state index contributed by atoms with van der Waals surface area (Å²) in [5.41, 5.74) is 1.63. The predicted octanol–water partition coefficient (Wildman–Crippen LogP) is 2.61. The highest BCUT2D eigenvalue weighted by atomic mass is 32.2. The molecular formula is C19H17N3O4S. The van der Waals surface area contributed by atoms with Crippen molar-refractivity contribution in [1.82, 2.24) is 4.98 Å². The Balaban J connectivity index is 1.52. The first kappa shape index (κ1) is 17.4. The molecule has 0 spiro atoms. The number of hydrogen-bond donors (Lipinski definition) is 1. The SMILES string of the molecule is O=C(Nc1ccc2ccncc2c1)c1ccc(N2CCOCS2(=O)=O)cc1. The fraction of sp³-hybridized carbons (Fsp3) is 0.158. The number of carbonyl (C=O) groups excluding carboxylic acids is 1. The number of ether oxygens (including phenoxy) is 1. The van der Waals surface area contributed by atoms with Crippen LogP contribution in [0.2, 0.25) is 0 Å². The number of pyridine rings is 1. The third-order valence-corrected chi connectivity index (χ3v) is 5.85. The number of nitrogens with one attached hydrogen (secondary N) is 1. The van der Waals surface area contributed by atoms with Crippen molar-refractivity contribution < 1.29 is 17.9 Å². The van der Waals surface area contributed by atoms with Crippen molar-refractivity contribution in [2.75, 3.05) is 28.7 Å². The summed E-state index contributed by atoms with van der Waals surface area (Å²) in [7, 11) is -3.47. The average molecular weight is 383 g/mol. The molecule has 0 atom stereocenters. The van der Waals surface area contributed by atoms with E-state index < -0.39 is 10.0 Å². The summed E-state index contributed by atoms with van der Waals surface area (Å²) in [6, 6.07) is 14.0. The van der Waals surface area contributed by atoms with Gasteiger partial charge in [-0.3, -0.25) is 14.1 Å². The van der Waals surface area contributed by atoms with E-state index in [1.807, 2.05) is 24.3 Å². The Hall–Kier alpha value is -2.97. The van der Waals surface area contributed by atoms with Crippen LogP contribution in [0.1, 0.15) is 10.4 Å². The lowest BCUT2D eigenvalue weighted by Crippen LogP contribution is -2.41. The van der Waals surface area contributed by atoms with E-state index in [2.05, 4.69) is 10.3 Å². The quantitative estimate of drug-likeness (QED) is 0.751. The van der Waals surface area contributed by atoms with Crippen molar-refractivity contribution >= 4 is 38.1 Å². The molecule has 1 aliphatic heterocycles. The van der Waals surface area contributed by atoms with E-state index in [0.29, 0.717) is 23.5 Å². The zero-order valence-corrected chi connectivity index (χ0v) is 15.1. The second kappa shape index (κ2) is 6.98. The minimum atomic E-state index is -3.47. The Bertz CT molecular complexity index is 1100. The fourth-order valence-electron chi connectivity index (χ4n) is 2.95. The number of aromatic nitrogens is 1. The second-order valence-electron chi connectivity index (χ2n) is 6.15.